The van der Waals surface area contributed by atoms with Crippen LogP contribution in [0.15, 0.2) is 24.3 Å². The molecule has 2 atom stereocenters. The number of hydrogen-bond acceptors (Lipinski definition) is 5. The van der Waals surface area contributed by atoms with Gasteiger partial charge in [-0.2, -0.15) is 0 Å². The molecule has 3 amide bonds. The molecule has 9 nitrogen and oxygen atoms in total. The van der Waals surface area contributed by atoms with Crippen molar-refractivity contribution in [1.82, 2.24) is 10.6 Å². The van der Waals surface area contributed by atoms with Crippen molar-refractivity contribution in [3.05, 3.63) is 30.1 Å². The number of aliphatic carboxylic acids is 1. The highest BCUT2D eigenvalue weighted by Gasteiger charge is 2.35. The van der Waals surface area contributed by atoms with Gasteiger partial charge in [-0.3, -0.25) is 9.59 Å². The predicted molar refractivity (Wildman–Crippen MR) is 107 cm³/mol. The van der Waals surface area contributed by atoms with Crippen molar-refractivity contribution in [3.63, 3.8) is 0 Å². The minimum atomic E-state index is -1.17. The molecule has 0 heterocycles. The average Bonchev–Trinajstić information content (AvgIpc) is 2.64. The number of carbonyl (C=O) groups is 4. The molecule has 4 N–H and O–H groups in total. The average molecular weight is 425 g/mol. The van der Waals surface area contributed by atoms with E-state index in [9.17, 15) is 23.6 Å². The van der Waals surface area contributed by atoms with Gasteiger partial charge in [-0.15, -0.1) is 0 Å². The maximum absolute atomic E-state index is 13.0. The van der Waals surface area contributed by atoms with E-state index < -0.39 is 47.2 Å². The van der Waals surface area contributed by atoms with Crippen molar-refractivity contribution >= 4 is 29.6 Å². The fourth-order valence-corrected chi connectivity index (χ4v) is 2.52. The molecule has 0 saturated heterocycles. The van der Waals surface area contributed by atoms with Crippen molar-refractivity contribution < 1.29 is 33.4 Å². The zero-order valence-electron chi connectivity index (χ0n) is 17.5. The van der Waals surface area contributed by atoms with Gasteiger partial charge >= 0.3 is 18.0 Å². The molecule has 0 aliphatic heterocycles. The van der Waals surface area contributed by atoms with Gasteiger partial charge in [0.1, 0.15) is 17.9 Å². The van der Waals surface area contributed by atoms with Crippen molar-refractivity contribution in [1.29, 1.82) is 0 Å². The molecule has 0 aliphatic carbocycles. The van der Waals surface area contributed by atoms with Crippen LogP contribution in [0.2, 0.25) is 0 Å². The number of anilines is 1. The summed E-state index contributed by atoms with van der Waals surface area (Å²) in [6.45, 7) is 6.80. The smallest absolute Gasteiger partial charge is 0.328 e. The Bertz CT molecular complexity index is 761. The van der Waals surface area contributed by atoms with Gasteiger partial charge in [-0.05, 0) is 43.0 Å². The summed E-state index contributed by atoms with van der Waals surface area (Å²) in [5.41, 5.74) is -0.413. The highest BCUT2D eigenvalue weighted by molar-refractivity contribution is 5.95. The van der Waals surface area contributed by atoms with Crippen molar-refractivity contribution in [2.24, 2.45) is 5.41 Å². The fourth-order valence-electron chi connectivity index (χ4n) is 2.52. The topological polar surface area (TPSA) is 134 Å². The second-order valence-corrected chi connectivity index (χ2v) is 7.65. The van der Waals surface area contributed by atoms with Gasteiger partial charge in [0.15, 0.2) is 0 Å². The van der Waals surface area contributed by atoms with Gasteiger partial charge in [0.25, 0.3) is 0 Å². The maximum Gasteiger partial charge on any atom is 0.328 e. The third-order valence-corrected chi connectivity index (χ3v) is 4.04. The minimum Gasteiger partial charge on any atom is -0.481 e. The van der Waals surface area contributed by atoms with Gasteiger partial charge in [0, 0.05) is 12.1 Å². The number of nitrogens with one attached hydrogen (secondary N) is 3. The molecule has 0 aromatic heterocycles. The number of rotatable bonds is 9. The highest BCUT2D eigenvalue weighted by Crippen LogP contribution is 2.20. The Morgan fingerprint density at radius 1 is 1.10 bits per heavy atom. The summed E-state index contributed by atoms with van der Waals surface area (Å²) in [5.74, 6) is -3.00. The second kappa shape index (κ2) is 11.1. The number of benzene rings is 1. The summed E-state index contributed by atoms with van der Waals surface area (Å²) in [4.78, 5) is 48.1. The molecule has 0 radical (unpaired) electrons. The first-order chi connectivity index (χ1) is 13.9. The highest BCUT2D eigenvalue weighted by atomic mass is 19.1. The Labute approximate surface area is 174 Å². The number of carboxylic acid groups (broad SMARTS) is 1. The number of urea groups is 1. The van der Waals surface area contributed by atoms with E-state index in [1.54, 1.807) is 27.7 Å². The van der Waals surface area contributed by atoms with Gasteiger partial charge in [0.05, 0.1) is 6.61 Å². The zero-order valence-corrected chi connectivity index (χ0v) is 17.5. The number of hydrogen-bond donors (Lipinski definition) is 4. The van der Waals surface area contributed by atoms with Crippen LogP contribution >= 0.6 is 0 Å². The van der Waals surface area contributed by atoms with E-state index in [0.29, 0.717) is 5.69 Å². The first-order valence-electron chi connectivity index (χ1n) is 9.46. The van der Waals surface area contributed by atoms with E-state index in [2.05, 4.69) is 16.0 Å². The minimum absolute atomic E-state index is 0.0688. The van der Waals surface area contributed by atoms with Gasteiger partial charge in [-0.1, -0.05) is 20.8 Å². The van der Waals surface area contributed by atoms with Crippen LogP contribution in [0.5, 0.6) is 0 Å². The number of halogens is 1. The lowest BCUT2D eigenvalue weighted by Crippen LogP contribution is -2.57. The van der Waals surface area contributed by atoms with Crippen LogP contribution in [-0.2, 0) is 19.1 Å². The van der Waals surface area contributed by atoms with E-state index in [1.165, 1.54) is 24.3 Å². The molecule has 1 rings (SSSR count). The molecule has 10 heteroatoms. The Balaban J connectivity index is 2.89. The SMILES string of the molecule is CCOC(=O)[C@@H](CCC(=O)O)NC(=O)[C@@H](NC(=O)Nc1ccc(F)cc1)C(C)(C)C. The Kier molecular flexibility index (Phi) is 9.22. The quantitative estimate of drug-likeness (QED) is 0.449. The fraction of sp³-hybridized carbons (Fsp3) is 0.500. The predicted octanol–water partition coefficient (Wildman–Crippen LogP) is 2.27. The Morgan fingerprint density at radius 3 is 2.20 bits per heavy atom. The third-order valence-electron chi connectivity index (χ3n) is 4.04. The van der Waals surface area contributed by atoms with E-state index in [1.807, 2.05) is 0 Å². The van der Waals surface area contributed by atoms with Crippen LogP contribution in [0.3, 0.4) is 0 Å². The lowest BCUT2D eigenvalue weighted by molar-refractivity contribution is -0.148. The van der Waals surface area contributed by atoms with Crippen molar-refractivity contribution in [2.45, 2.75) is 52.6 Å². The molecule has 1 aromatic carbocycles. The summed E-state index contributed by atoms with van der Waals surface area (Å²) in [5, 5.41) is 16.4. The number of ether oxygens (including phenoxy) is 1. The number of amides is 3. The second-order valence-electron chi connectivity index (χ2n) is 7.65. The van der Waals surface area contributed by atoms with Crippen LogP contribution < -0.4 is 16.0 Å². The molecule has 0 unspecified atom stereocenters. The number of carboxylic acids is 1. The summed E-state index contributed by atoms with van der Waals surface area (Å²) >= 11 is 0. The van der Waals surface area contributed by atoms with Gasteiger partial charge < -0.3 is 25.8 Å². The monoisotopic (exact) mass is 425 g/mol. The lowest BCUT2D eigenvalue weighted by Gasteiger charge is -2.31. The van der Waals surface area contributed by atoms with Crippen LogP contribution in [0, 0.1) is 11.2 Å². The largest absolute Gasteiger partial charge is 0.481 e. The standard InChI is InChI=1S/C20H28FN3O6/c1-5-30-18(28)14(10-11-15(25)26)23-17(27)16(20(2,3)4)24-19(29)22-13-8-6-12(21)7-9-13/h6-9,14,16H,5,10-11H2,1-4H3,(H,23,27)(H,25,26)(H2,22,24,29)/t14-,16-/m1/s1. The van der Waals surface area contributed by atoms with E-state index >= 15 is 0 Å². The number of carbonyl (C=O) groups excluding carboxylic acids is 3. The van der Waals surface area contributed by atoms with Gasteiger partial charge in [-0.25, -0.2) is 14.0 Å². The van der Waals surface area contributed by atoms with Crippen LogP contribution in [-0.4, -0.2) is 47.7 Å². The molecule has 0 fully saturated rings. The van der Waals surface area contributed by atoms with Crippen LogP contribution in [0.1, 0.15) is 40.5 Å². The normalized spacial score (nSPS) is 13.0. The van der Waals surface area contributed by atoms with Gasteiger partial charge in [0.2, 0.25) is 5.91 Å². The molecule has 30 heavy (non-hydrogen) atoms. The van der Waals surface area contributed by atoms with Crippen molar-refractivity contribution in [3.8, 4) is 0 Å². The van der Waals surface area contributed by atoms with E-state index in [4.69, 9.17) is 9.84 Å². The lowest BCUT2D eigenvalue weighted by atomic mass is 9.86. The zero-order chi connectivity index (χ0) is 22.9. The molecule has 0 bridgehead atoms. The molecule has 0 spiro atoms. The Morgan fingerprint density at radius 2 is 1.70 bits per heavy atom. The Hall–Kier alpha value is -3.17. The summed E-state index contributed by atoms with van der Waals surface area (Å²) in [6, 6.07) is 2.16. The van der Waals surface area contributed by atoms with E-state index in [-0.39, 0.29) is 19.4 Å². The van der Waals surface area contributed by atoms with E-state index in [0.717, 1.165) is 0 Å². The molecule has 166 valence electrons. The first-order valence-corrected chi connectivity index (χ1v) is 9.46. The summed E-state index contributed by atoms with van der Waals surface area (Å²) in [6.07, 6.45) is -0.499. The maximum atomic E-state index is 13.0. The molecular formula is C20H28FN3O6. The van der Waals surface area contributed by atoms with Crippen molar-refractivity contribution in [2.75, 3.05) is 11.9 Å². The molecular weight excluding hydrogens is 397 g/mol. The number of esters is 1. The summed E-state index contributed by atoms with van der Waals surface area (Å²) in [7, 11) is 0. The molecule has 0 aliphatic rings. The summed E-state index contributed by atoms with van der Waals surface area (Å²) < 4.78 is 17.9. The van der Waals surface area contributed by atoms with Crippen LogP contribution in [0.25, 0.3) is 0 Å². The molecule has 0 saturated carbocycles. The van der Waals surface area contributed by atoms with Crippen LogP contribution in [0.4, 0.5) is 14.9 Å². The first kappa shape index (κ1) is 24.9. The third kappa shape index (κ3) is 8.46. The molecule has 1 aromatic rings.